The number of nitrogens with two attached hydrogens (primary N) is 1. The van der Waals surface area contributed by atoms with E-state index in [1.165, 1.54) is 31.2 Å². The Hall–Kier alpha value is -3.37. The molecule has 14 nitrogen and oxygen atoms in total. The number of aliphatic carboxylic acids is 1. The number of thiazole rings is 1. The summed E-state index contributed by atoms with van der Waals surface area (Å²) in [5.74, 6) is 1.66. The Labute approximate surface area is 210 Å². The molecule has 0 unspecified atom stereocenters. The highest BCUT2D eigenvalue weighted by Crippen LogP contribution is 2.40. The number of β-lactam (4-membered cyclic amide) rings is 1. The zero-order chi connectivity index (χ0) is 25.9. The number of thioether (sulfide) groups is 1. The van der Waals surface area contributed by atoms with Crippen LogP contribution in [0.15, 0.2) is 26.8 Å². The molecular formula is C18H19ClN6O8S2. The van der Waals surface area contributed by atoms with Gasteiger partial charge in [-0.15, -0.1) is 34.7 Å². The third-order valence-electron chi connectivity index (χ3n) is 4.70. The minimum absolute atomic E-state index is 0.0465. The molecule has 3 amide bonds. The number of oxime groups is 1. The Balaban J connectivity index is 1.82. The van der Waals surface area contributed by atoms with E-state index in [1.807, 2.05) is 0 Å². The van der Waals surface area contributed by atoms with Gasteiger partial charge in [-0.05, 0) is 0 Å². The summed E-state index contributed by atoms with van der Waals surface area (Å²) in [6.07, 6.45) is 0. The Morgan fingerprint density at radius 1 is 1.37 bits per heavy atom. The smallest absolute Gasteiger partial charge is 0.352 e. The first-order valence-corrected chi connectivity index (χ1v) is 12.1. The number of nitrogens with one attached hydrogen (secondary N) is 1. The van der Waals surface area contributed by atoms with Crippen molar-refractivity contribution < 1.29 is 38.7 Å². The predicted octanol–water partition coefficient (Wildman–Crippen LogP) is -1.42. The molecule has 1 aromatic rings. The van der Waals surface area contributed by atoms with Crippen molar-refractivity contribution in [3.63, 3.8) is 0 Å². The number of nitrogens with zero attached hydrogens (tertiary/aromatic N) is 4. The number of rotatable bonds is 8. The van der Waals surface area contributed by atoms with Crippen LogP contribution in [0.4, 0.5) is 0 Å². The van der Waals surface area contributed by atoms with Crippen molar-refractivity contribution in [2.75, 3.05) is 31.2 Å². The van der Waals surface area contributed by atoms with E-state index < -0.39 is 41.1 Å². The lowest BCUT2D eigenvalue weighted by atomic mass is 10.0. The van der Waals surface area contributed by atoms with E-state index in [2.05, 4.69) is 15.5 Å². The number of nitrogen functional groups attached to an aromatic ring is 1. The number of ether oxygens (including phenoxy) is 1. The number of hydrogen-bond acceptors (Lipinski definition) is 11. The fraction of sp³-hybridized carbons (Fsp3) is 0.389. The standard InChI is InChI=1S/C18H19ClN6O8S2/c1-7(26)33-4-8-5-34-16-12(15(29)24(16)13(8)17(30)31)22-14(28)11(23-32-2)9-6-35-18(25(9)20)21-10(27)3-19/h6,12,16H,3-5,20H2,1-2H3,(H,22,28)(H,30,31)/t12-,16+/m1/s1. The molecule has 17 heteroatoms. The number of carboxylic acids is 1. The van der Waals surface area contributed by atoms with Gasteiger partial charge < -0.3 is 25.8 Å². The number of hydrogen-bond donors (Lipinski definition) is 3. The lowest BCUT2D eigenvalue weighted by Gasteiger charge is -2.49. The van der Waals surface area contributed by atoms with Crippen molar-refractivity contribution in [3.8, 4) is 0 Å². The monoisotopic (exact) mass is 546 g/mol. The second-order valence-electron chi connectivity index (χ2n) is 6.93. The third-order valence-corrected chi connectivity index (χ3v) is 7.11. The number of carboxylic acid groups (broad SMARTS) is 1. The van der Waals surface area contributed by atoms with Gasteiger partial charge in [0, 0.05) is 23.6 Å². The molecule has 2 aliphatic rings. The number of alkyl halides is 1. The zero-order valence-electron chi connectivity index (χ0n) is 18.2. The van der Waals surface area contributed by atoms with Gasteiger partial charge >= 0.3 is 11.9 Å². The van der Waals surface area contributed by atoms with Gasteiger partial charge in [-0.25, -0.2) is 9.47 Å². The van der Waals surface area contributed by atoms with Gasteiger partial charge in [-0.3, -0.25) is 24.1 Å². The second kappa shape index (κ2) is 10.9. The summed E-state index contributed by atoms with van der Waals surface area (Å²) in [6, 6.07) is -1.06. The maximum Gasteiger partial charge on any atom is 0.352 e. The summed E-state index contributed by atoms with van der Waals surface area (Å²) in [7, 11) is 1.20. The molecule has 0 aromatic carbocycles. The van der Waals surface area contributed by atoms with E-state index in [1.54, 1.807) is 0 Å². The third kappa shape index (κ3) is 5.33. The summed E-state index contributed by atoms with van der Waals surface area (Å²) in [5, 5.41) is 16.5. The van der Waals surface area contributed by atoms with Crippen molar-refractivity contribution in [1.29, 1.82) is 0 Å². The second-order valence-corrected chi connectivity index (χ2v) is 9.14. The molecule has 1 saturated heterocycles. The van der Waals surface area contributed by atoms with E-state index in [-0.39, 0.29) is 45.7 Å². The van der Waals surface area contributed by atoms with Gasteiger partial charge in [0.05, 0.1) is 0 Å². The fourth-order valence-electron chi connectivity index (χ4n) is 3.20. The van der Waals surface area contributed by atoms with Crippen LogP contribution in [-0.4, -0.2) is 86.8 Å². The van der Waals surface area contributed by atoms with Crippen LogP contribution in [0.2, 0.25) is 0 Å². The lowest BCUT2D eigenvalue weighted by Crippen LogP contribution is -2.71. The maximum absolute atomic E-state index is 13.0. The lowest BCUT2D eigenvalue weighted by molar-refractivity contribution is -0.150. The normalized spacial score (nSPS) is 20.2. The molecule has 0 saturated carbocycles. The topological polar surface area (TPSA) is 195 Å². The van der Waals surface area contributed by atoms with E-state index in [0.717, 1.165) is 20.9 Å². The van der Waals surface area contributed by atoms with E-state index in [0.29, 0.717) is 0 Å². The van der Waals surface area contributed by atoms with E-state index in [4.69, 9.17) is 27.0 Å². The highest BCUT2D eigenvalue weighted by atomic mass is 35.5. The van der Waals surface area contributed by atoms with Crippen LogP contribution >= 0.6 is 34.7 Å². The van der Waals surface area contributed by atoms with Crippen LogP contribution in [0.5, 0.6) is 0 Å². The van der Waals surface area contributed by atoms with Crippen LogP contribution in [0, 0.1) is 0 Å². The van der Waals surface area contributed by atoms with E-state index in [9.17, 15) is 29.1 Å². The van der Waals surface area contributed by atoms with Gasteiger partial charge in [-0.2, -0.15) is 4.99 Å². The Kier molecular flexibility index (Phi) is 8.18. The van der Waals surface area contributed by atoms with Crippen LogP contribution < -0.4 is 16.0 Å². The Bertz CT molecular complexity index is 1220. The Morgan fingerprint density at radius 3 is 2.69 bits per heavy atom. The molecular weight excluding hydrogens is 528 g/mol. The zero-order valence-corrected chi connectivity index (χ0v) is 20.6. The fourth-order valence-corrected chi connectivity index (χ4v) is 5.40. The molecule has 0 radical (unpaired) electrons. The molecule has 1 fully saturated rings. The summed E-state index contributed by atoms with van der Waals surface area (Å²) in [4.78, 5) is 69.7. The van der Waals surface area contributed by atoms with E-state index >= 15 is 0 Å². The molecule has 0 bridgehead atoms. The number of aromatic nitrogens is 1. The first kappa shape index (κ1) is 26.2. The van der Waals surface area contributed by atoms with Crippen molar-refractivity contribution in [1.82, 2.24) is 14.9 Å². The van der Waals surface area contributed by atoms with Crippen molar-refractivity contribution >= 4 is 70.1 Å². The minimum atomic E-state index is -1.36. The summed E-state index contributed by atoms with van der Waals surface area (Å²) in [5.41, 5.74) is -0.282. The number of carbonyl (C=O) groups excluding carboxylic acids is 4. The molecule has 3 heterocycles. The van der Waals surface area contributed by atoms with Gasteiger partial charge in [0.1, 0.15) is 42.4 Å². The molecule has 0 aliphatic carbocycles. The van der Waals surface area contributed by atoms with Crippen LogP contribution in [0.1, 0.15) is 12.6 Å². The van der Waals surface area contributed by atoms with Crippen LogP contribution in [0.3, 0.4) is 0 Å². The van der Waals surface area contributed by atoms with Crippen molar-refractivity contribution in [3.05, 3.63) is 27.1 Å². The van der Waals surface area contributed by atoms with Gasteiger partial charge in [0.25, 0.3) is 17.7 Å². The predicted molar refractivity (Wildman–Crippen MR) is 124 cm³/mol. The van der Waals surface area contributed by atoms with Crippen LogP contribution in [0.25, 0.3) is 0 Å². The number of carbonyl (C=O) groups is 5. The SMILES string of the molecule is CON=C(C(=O)N[C@@H]1C(=O)N2C(C(=O)O)=C(COC(C)=O)CS[C@@H]12)c1csc(=NC(=O)CCl)n1N. The van der Waals surface area contributed by atoms with Crippen molar-refractivity contribution in [2.24, 2.45) is 10.1 Å². The summed E-state index contributed by atoms with van der Waals surface area (Å²) < 4.78 is 5.84. The quantitative estimate of drug-likeness (QED) is 0.0869. The van der Waals surface area contributed by atoms with Gasteiger partial charge in [0.15, 0.2) is 5.71 Å². The average Bonchev–Trinajstić information content (AvgIpc) is 3.17. The summed E-state index contributed by atoms with van der Waals surface area (Å²) in [6.45, 7) is 0.918. The molecule has 4 N–H and O–H groups in total. The number of fused-ring (bicyclic) bond motifs is 1. The molecule has 188 valence electrons. The van der Waals surface area contributed by atoms with Gasteiger partial charge in [0.2, 0.25) is 4.80 Å². The first-order chi connectivity index (χ1) is 16.6. The van der Waals surface area contributed by atoms with Crippen LogP contribution in [-0.2, 0) is 33.5 Å². The number of esters is 1. The molecule has 0 spiro atoms. The highest BCUT2D eigenvalue weighted by Gasteiger charge is 2.54. The molecule has 3 rings (SSSR count). The number of amides is 3. The van der Waals surface area contributed by atoms with Gasteiger partial charge in [-0.1, -0.05) is 5.16 Å². The largest absolute Gasteiger partial charge is 0.477 e. The van der Waals surface area contributed by atoms with Crippen molar-refractivity contribution in [2.45, 2.75) is 18.3 Å². The minimum Gasteiger partial charge on any atom is -0.477 e. The summed E-state index contributed by atoms with van der Waals surface area (Å²) >= 11 is 7.59. The molecule has 2 atom stereocenters. The maximum atomic E-state index is 13.0. The molecule has 35 heavy (non-hydrogen) atoms. The Morgan fingerprint density at radius 2 is 2.09 bits per heavy atom. The average molecular weight is 547 g/mol. The first-order valence-electron chi connectivity index (χ1n) is 9.65. The molecule has 1 aromatic heterocycles. The number of halogens is 1. The molecule has 2 aliphatic heterocycles. The highest BCUT2D eigenvalue weighted by molar-refractivity contribution is 8.00.